The molecule has 4 atom stereocenters. The first-order valence-corrected chi connectivity index (χ1v) is 12.8. The molecular weight excluding hydrogens is 484 g/mol. The summed E-state index contributed by atoms with van der Waals surface area (Å²) in [4.78, 5) is 12.1. The van der Waals surface area contributed by atoms with Crippen LogP contribution in [0.2, 0.25) is 0 Å². The Kier molecular flexibility index (Phi) is 7.54. The van der Waals surface area contributed by atoms with E-state index >= 15 is 0 Å². The van der Waals surface area contributed by atoms with E-state index in [4.69, 9.17) is 28.4 Å². The Morgan fingerprint density at radius 3 is 1.84 bits per heavy atom. The fourth-order valence-corrected chi connectivity index (χ4v) is 5.45. The summed E-state index contributed by atoms with van der Waals surface area (Å²) in [7, 11) is 3.02. The van der Waals surface area contributed by atoms with Crippen molar-refractivity contribution in [2.75, 3.05) is 20.8 Å². The Hall–Kier alpha value is -3.23. The van der Waals surface area contributed by atoms with Gasteiger partial charge in [0.15, 0.2) is 5.79 Å². The maximum absolute atomic E-state index is 12.1. The smallest absolute Gasteiger partial charge is 0.308 e. The van der Waals surface area contributed by atoms with Crippen molar-refractivity contribution in [3.8, 4) is 5.75 Å². The van der Waals surface area contributed by atoms with E-state index < -0.39 is 29.7 Å². The number of carbonyl (C=O) groups excluding carboxylic acids is 1. The summed E-state index contributed by atoms with van der Waals surface area (Å²) >= 11 is 0. The third-order valence-electron chi connectivity index (χ3n) is 7.16. The van der Waals surface area contributed by atoms with Crippen LogP contribution in [0, 0.1) is 0 Å². The zero-order valence-corrected chi connectivity index (χ0v) is 22.2. The van der Waals surface area contributed by atoms with Crippen LogP contribution in [0.5, 0.6) is 5.75 Å². The molecule has 3 aromatic rings. The van der Waals surface area contributed by atoms with Gasteiger partial charge in [0.2, 0.25) is 0 Å². The average Bonchev–Trinajstić information content (AvgIpc) is 3.43. The maximum Gasteiger partial charge on any atom is 0.308 e. The van der Waals surface area contributed by atoms with E-state index in [1.54, 1.807) is 7.11 Å². The Morgan fingerprint density at radius 1 is 0.789 bits per heavy atom. The van der Waals surface area contributed by atoms with Gasteiger partial charge in [0.25, 0.3) is 0 Å². The van der Waals surface area contributed by atoms with Crippen LogP contribution in [0.4, 0.5) is 0 Å². The summed E-state index contributed by atoms with van der Waals surface area (Å²) in [6.07, 6.45) is -1.66. The Balaban J connectivity index is 1.53. The minimum Gasteiger partial charge on any atom is -0.497 e. The summed E-state index contributed by atoms with van der Waals surface area (Å²) in [6.45, 7) is 3.94. The van der Waals surface area contributed by atoms with Crippen molar-refractivity contribution >= 4 is 5.97 Å². The monoisotopic (exact) mass is 518 g/mol. The number of esters is 1. The third kappa shape index (κ3) is 5.07. The van der Waals surface area contributed by atoms with Crippen molar-refractivity contribution in [3.63, 3.8) is 0 Å². The summed E-state index contributed by atoms with van der Waals surface area (Å²) in [5.74, 6) is -0.391. The van der Waals surface area contributed by atoms with Gasteiger partial charge in [0.05, 0.1) is 33.4 Å². The van der Waals surface area contributed by atoms with Crippen molar-refractivity contribution < 1.29 is 33.2 Å². The van der Waals surface area contributed by atoms with Crippen LogP contribution in [0.3, 0.4) is 0 Å². The second kappa shape index (κ2) is 10.9. The minimum atomic E-state index is -0.941. The maximum atomic E-state index is 12.1. The summed E-state index contributed by atoms with van der Waals surface area (Å²) in [6, 6.07) is 28.2. The van der Waals surface area contributed by atoms with E-state index in [1.165, 1.54) is 7.11 Å². The Bertz CT molecular complexity index is 1170. The first-order valence-electron chi connectivity index (χ1n) is 12.8. The molecule has 2 aliphatic heterocycles. The van der Waals surface area contributed by atoms with Gasteiger partial charge in [0.1, 0.15) is 29.7 Å². The van der Waals surface area contributed by atoms with Crippen molar-refractivity contribution in [3.05, 3.63) is 102 Å². The largest absolute Gasteiger partial charge is 0.497 e. The van der Waals surface area contributed by atoms with Gasteiger partial charge in [0, 0.05) is 0 Å². The normalized spacial score (nSPS) is 24.1. The molecule has 0 unspecified atom stereocenters. The number of hydrogen-bond donors (Lipinski definition) is 0. The molecule has 0 radical (unpaired) electrons. The molecular formula is C31H34O7. The van der Waals surface area contributed by atoms with Crippen LogP contribution >= 0.6 is 0 Å². The summed E-state index contributed by atoms with van der Waals surface area (Å²) in [5, 5.41) is 0. The van der Waals surface area contributed by atoms with Gasteiger partial charge in [-0.1, -0.05) is 72.8 Å². The lowest BCUT2D eigenvalue weighted by atomic mass is 9.80. The number of rotatable bonds is 9. The van der Waals surface area contributed by atoms with Crippen LogP contribution in [-0.2, 0) is 34.1 Å². The first kappa shape index (κ1) is 26.4. The lowest BCUT2D eigenvalue weighted by Gasteiger charge is -2.37. The van der Waals surface area contributed by atoms with E-state index in [0.29, 0.717) is 0 Å². The van der Waals surface area contributed by atoms with Gasteiger partial charge in [-0.15, -0.1) is 0 Å². The number of carbonyl (C=O) groups is 1. The predicted octanol–water partition coefficient (Wildman–Crippen LogP) is 4.85. The van der Waals surface area contributed by atoms with Crippen molar-refractivity contribution in [1.82, 2.24) is 0 Å². The molecule has 2 fully saturated rings. The highest BCUT2D eigenvalue weighted by molar-refractivity contribution is 5.70. The number of benzene rings is 3. The highest BCUT2D eigenvalue weighted by Gasteiger charge is 2.56. The predicted molar refractivity (Wildman–Crippen MR) is 141 cm³/mol. The van der Waals surface area contributed by atoms with E-state index in [1.807, 2.05) is 74.5 Å². The molecule has 0 aliphatic carbocycles. The molecule has 0 spiro atoms. The highest BCUT2D eigenvalue weighted by atomic mass is 16.8. The standard InChI is InChI=1S/C31H34O7/c1-30(2)37-28-25(19-27(32)34-4)36-26(29(28)38-30)20-35-31(21-11-7-5-8-12-21,22-13-9-6-10-14-22)23-15-17-24(33-3)18-16-23/h5-18,25-26,28-29H,19-20H2,1-4H3/t25-,26+,28-,29+/m0/s1. The highest BCUT2D eigenvalue weighted by Crippen LogP contribution is 2.44. The molecule has 0 N–H and O–H groups in total. The number of hydrogen-bond acceptors (Lipinski definition) is 7. The first-order chi connectivity index (χ1) is 18.4. The van der Waals surface area contributed by atoms with Gasteiger partial charge in [-0.3, -0.25) is 4.79 Å². The molecule has 0 saturated carbocycles. The average molecular weight is 519 g/mol. The molecule has 7 heteroatoms. The van der Waals surface area contributed by atoms with Crippen molar-refractivity contribution in [2.45, 2.75) is 56.1 Å². The van der Waals surface area contributed by atoms with Crippen molar-refractivity contribution in [2.24, 2.45) is 0 Å². The molecule has 0 amide bonds. The number of methoxy groups -OCH3 is 2. The van der Waals surface area contributed by atoms with E-state index in [9.17, 15) is 4.79 Å². The molecule has 3 aromatic carbocycles. The molecule has 7 nitrogen and oxygen atoms in total. The Labute approximate surface area is 223 Å². The fourth-order valence-electron chi connectivity index (χ4n) is 5.45. The third-order valence-corrected chi connectivity index (χ3v) is 7.16. The van der Waals surface area contributed by atoms with E-state index in [0.717, 1.165) is 22.4 Å². The van der Waals surface area contributed by atoms with Crippen molar-refractivity contribution in [1.29, 1.82) is 0 Å². The van der Waals surface area contributed by atoms with Gasteiger partial charge in [-0.2, -0.15) is 0 Å². The van der Waals surface area contributed by atoms with Gasteiger partial charge >= 0.3 is 5.97 Å². The molecule has 200 valence electrons. The topological polar surface area (TPSA) is 72.5 Å². The quantitative estimate of drug-likeness (QED) is 0.296. The van der Waals surface area contributed by atoms with Crippen LogP contribution in [-0.4, -0.2) is 57.0 Å². The van der Waals surface area contributed by atoms with E-state index in [2.05, 4.69) is 24.3 Å². The molecule has 5 rings (SSSR count). The fraction of sp³-hybridized carbons (Fsp3) is 0.387. The van der Waals surface area contributed by atoms with Gasteiger partial charge in [-0.05, 0) is 42.7 Å². The zero-order valence-electron chi connectivity index (χ0n) is 22.2. The number of fused-ring (bicyclic) bond motifs is 1. The second-order valence-electron chi connectivity index (χ2n) is 10.0. The lowest BCUT2D eigenvalue weighted by Crippen LogP contribution is -2.39. The Morgan fingerprint density at radius 2 is 1.32 bits per heavy atom. The minimum absolute atomic E-state index is 0.0780. The summed E-state index contributed by atoms with van der Waals surface area (Å²) in [5.41, 5.74) is 1.95. The van der Waals surface area contributed by atoms with Crippen LogP contribution in [0.1, 0.15) is 37.0 Å². The van der Waals surface area contributed by atoms with E-state index in [-0.39, 0.29) is 25.1 Å². The SMILES string of the molecule is COC(=O)C[C@@H]1O[C@H](COC(c2ccccc2)(c2ccccc2)c2ccc(OC)cc2)[C@H]2OC(C)(C)O[C@H]21. The van der Waals surface area contributed by atoms with Crippen LogP contribution in [0.15, 0.2) is 84.9 Å². The lowest BCUT2D eigenvalue weighted by molar-refractivity contribution is -0.197. The molecule has 2 heterocycles. The second-order valence-corrected chi connectivity index (χ2v) is 10.0. The summed E-state index contributed by atoms with van der Waals surface area (Å²) < 4.78 is 36.0. The zero-order chi connectivity index (χ0) is 26.8. The van der Waals surface area contributed by atoms with Gasteiger partial charge < -0.3 is 28.4 Å². The molecule has 2 aliphatic rings. The molecule has 0 aromatic heterocycles. The molecule has 2 saturated heterocycles. The molecule has 38 heavy (non-hydrogen) atoms. The van der Waals surface area contributed by atoms with Gasteiger partial charge in [-0.25, -0.2) is 0 Å². The molecule has 0 bridgehead atoms. The van der Waals surface area contributed by atoms with Crippen LogP contribution in [0.25, 0.3) is 0 Å². The van der Waals surface area contributed by atoms with Crippen LogP contribution < -0.4 is 4.74 Å². The number of ether oxygens (including phenoxy) is 6.